The zero-order valence-corrected chi connectivity index (χ0v) is 15.1. The molecule has 0 aliphatic heterocycles. The van der Waals surface area contributed by atoms with Gasteiger partial charge in [0.2, 0.25) is 5.91 Å². The number of hydrogen-bond donors (Lipinski definition) is 2. The van der Waals surface area contributed by atoms with Crippen molar-refractivity contribution in [2.24, 2.45) is 0 Å². The SMILES string of the molecule is COC(=O)C[C@@H](NCC(=O)NCc1cccc(OC)c1)c1cccs1. The molecule has 0 spiro atoms. The number of methoxy groups -OCH3 is 2. The molecular weight excluding hydrogens is 340 g/mol. The summed E-state index contributed by atoms with van der Waals surface area (Å²) in [5.74, 6) is 0.289. The Kier molecular flexibility index (Phi) is 7.43. The van der Waals surface area contributed by atoms with Crippen LogP contribution in [0.5, 0.6) is 5.75 Å². The lowest BCUT2D eigenvalue weighted by Crippen LogP contribution is -2.36. The first-order valence-electron chi connectivity index (χ1n) is 7.85. The van der Waals surface area contributed by atoms with Gasteiger partial charge in [0.15, 0.2) is 0 Å². The van der Waals surface area contributed by atoms with Crippen LogP contribution in [0.25, 0.3) is 0 Å². The summed E-state index contributed by atoms with van der Waals surface area (Å²) in [6.45, 7) is 0.530. The van der Waals surface area contributed by atoms with Crippen LogP contribution in [0.4, 0.5) is 0 Å². The van der Waals surface area contributed by atoms with E-state index in [2.05, 4.69) is 10.6 Å². The molecule has 1 aromatic heterocycles. The molecule has 0 fully saturated rings. The van der Waals surface area contributed by atoms with Gasteiger partial charge in [-0.1, -0.05) is 18.2 Å². The highest BCUT2D eigenvalue weighted by Gasteiger charge is 2.18. The number of ether oxygens (including phenoxy) is 2. The number of carbonyl (C=O) groups excluding carboxylic acids is 2. The highest BCUT2D eigenvalue weighted by Crippen LogP contribution is 2.22. The first-order chi connectivity index (χ1) is 12.1. The van der Waals surface area contributed by atoms with Crippen LogP contribution in [0.3, 0.4) is 0 Å². The average molecular weight is 362 g/mol. The van der Waals surface area contributed by atoms with Crippen LogP contribution in [0.2, 0.25) is 0 Å². The van der Waals surface area contributed by atoms with Crippen LogP contribution in [0.15, 0.2) is 41.8 Å². The average Bonchev–Trinajstić information content (AvgIpc) is 3.17. The van der Waals surface area contributed by atoms with Crippen molar-refractivity contribution in [3.05, 3.63) is 52.2 Å². The number of amides is 1. The van der Waals surface area contributed by atoms with E-state index in [1.165, 1.54) is 18.4 Å². The third-order valence-corrected chi connectivity index (χ3v) is 4.60. The molecular formula is C18H22N2O4S. The maximum absolute atomic E-state index is 12.1. The molecule has 1 atom stereocenters. The molecule has 0 saturated heterocycles. The molecule has 0 aliphatic rings. The number of esters is 1. The molecule has 0 aliphatic carbocycles. The number of hydrogen-bond acceptors (Lipinski definition) is 6. The molecule has 134 valence electrons. The Morgan fingerprint density at radius 1 is 1.20 bits per heavy atom. The number of rotatable bonds is 9. The van der Waals surface area contributed by atoms with E-state index in [-0.39, 0.29) is 30.9 Å². The minimum atomic E-state index is -0.317. The Balaban J connectivity index is 1.84. The van der Waals surface area contributed by atoms with Crippen LogP contribution in [-0.2, 0) is 20.9 Å². The molecule has 0 saturated carbocycles. The topological polar surface area (TPSA) is 76.7 Å². The molecule has 0 bridgehead atoms. The number of carbonyl (C=O) groups is 2. The third-order valence-electron chi connectivity index (χ3n) is 3.62. The third kappa shape index (κ3) is 6.21. The predicted molar refractivity (Wildman–Crippen MR) is 96.5 cm³/mol. The summed E-state index contributed by atoms with van der Waals surface area (Å²) in [6.07, 6.45) is 0.181. The van der Waals surface area contributed by atoms with E-state index in [1.807, 2.05) is 41.8 Å². The molecule has 0 unspecified atom stereocenters. The van der Waals surface area contributed by atoms with Crippen molar-refractivity contribution < 1.29 is 19.1 Å². The zero-order valence-electron chi connectivity index (χ0n) is 14.3. The second-order valence-corrected chi connectivity index (χ2v) is 6.34. The van der Waals surface area contributed by atoms with Gasteiger partial charge in [0.05, 0.1) is 33.2 Å². The van der Waals surface area contributed by atoms with Gasteiger partial charge in [-0.05, 0) is 29.1 Å². The van der Waals surface area contributed by atoms with E-state index in [4.69, 9.17) is 9.47 Å². The molecule has 2 N–H and O–H groups in total. The Morgan fingerprint density at radius 2 is 2.04 bits per heavy atom. The van der Waals surface area contributed by atoms with Crippen molar-refractivity contribution in [1.29, 1.82) is 0 Å². The van der Waals surface area contributed by atoms with Gasteiger partial charge in [0.1, 0.15) is 5.75 Å². The van der Waals surface area contributed by atoms with Crippen molar-refractivity contribution in [1.82, 2.24) is 10.6 Å². The monoisotopic (exact) mass is 362 g/mol. The number of nitrogens with one attached hydrogen (secondary N) is 2. The number of benzene rings is 1. The lowest BCUT2D eigenvalue weighted by molar-refractivity contribution is -0.141. The van der Waals surface area contributed by atoms with Crippen molar-refractivity contribution in [3.63, 3.8) is 0 Å². The summed E-state index contributed by atoms with van der Waals surface area (Å²) in [5, 5.41) is 7.90. The normalized spacial score (nSPS) is 11.6. The van der Waals surface area contributed by atoms with Gasteiger partial charge in [-0.15, -0.1) is 11.3 Å². The second kappa shape index (κ2) is 9.80. The molecule has 6 nitrogen and oxygen atoms in total. The fourth-order valence-corrected chi connectivity index (χ4v) is 3.08. The van der Waals surface area contributed by atoms with Gasteiger partial charge in [0.25, 0.3) is 0 Å². The highest BCUT2D eigenvalue weighted by molar-refractivity contribution is 7.10. The van der Waals surface area contributed by atoms with Crippen molar-refractivity contribution in [2.45, 2.75) is 19.0 Å². The minimum absolute atomic E-state index is 0.115. The van der Waals surface area contributed by atoms with Crippen molar-refractivity contribution >= 4 is 23.2 Å². The molecule has 1 aromatic carbocycles. The van der Waals surface area contributed by atoms with Gasteiger partial charge in [-0.3, -0.25) is 9.59 Å². The van der Waals surface area contributed by atoms with E-state index < -0.39 is 0 Å². The van der Waals surface area contributed by atoms with Crippen LogP contribution in [0.1, 0.15) is 22.9 Å². The molecule has 1 heterocycles. The van der Waals surface area contributed by atoms with E-state index in [0.29, 0.717) is 6.54 Å². The lowest BCUT2D eigenvalue weighted by Gasteiger charge is -2.16. The smallest absolute Gasteiger partial charge is 0.307 e. The summed E-state index contributed by atoms with van der Waals surface area (Å²) in [7, 11) is 2.96. The maximum atomic E-state index is 12.1. The van der Waals surface area contributed by atoms with Crippen LogP contribution < -0.4 is 15.4 Å². The van der Waals surface area contributed by atoms with Gasteiger partial charge >= 0.3 is 5.97 Å². The van der Waals surface area contributed by atoms with E-state index in [0.717, 1.165) is 16.2 Å². The highest BCUT2D eigenvalue weighted by atomic mass is 32.1. The molecule has 2 aromatic rings. The zero-order chi connectivity index (χ0) is 18.1. The molecule has 2 rings (SSSR count). The van der Waals surface area contributed by atoms with Gasteiger partial charge in [-0.25, -0.2) is 0 Å². The number of thiophene rings is 1. The van der Waals surface area contributed by atoms with Gasteiger partial charge in [0, 0.05) is 11.4 Å². The van der Waals surface area contributed by atoms with E-state index in [9.17, 15) is 9.59 Å². The van der Waals surface area contributed by atoms with Crippen LogP contribution in [0, 0.1) is 0 Å². The molecule has 25 heavy (non-hydrogen) atoms. The Morgan fingerprint density at radius 3 is 2.72 bits per heavy atom. The molecule has 7 heteroatoms. The van der Waals surface area contributed by atoms with Crippen LogP contribution >= 0.6 is 11.3 Å². The fourth-order valence-electron chi connectivity index (χ4n) is 2.27. The van der Waals surface area contributed by atoms with Crippen LogP contribution in [-0.4, -0.2) is 32.6 Å². The molecule has 1 amide bonds. The van der Waals surface area contributed by atoms with Crippen molar-refractivity contribution in [2.75, 3.05) is 20.8 Å². The fraction of sp³-hybridized carbons (Fsp3) is 0.333. The Labute approximate surface area is 151 Å². The molecule has 0 radical (unpaired) electrons. The summed E-state index contributed by atoms with van der Waals surface area (Å²) in [4.78, 5) is 24.6. The van der Waals surface area contributed by atoms with E-state index >= 15 is 0 Å². The Bertz CT molecular complexity index is 688. The quantitative estimate of drug-likeness (QED) is 0.669. The van der Waals surface area contributed by atoms with Gasteiger partial charge < -0.3 is 20.1 Å². The first kappa shape index (κ1) is 19.0. The van der Waals surface area contributed by atoms with Gasteiger partial charge in [-0.2, -0.15) is 0 Å². The summed E-state index contributed by atoms with van der Waals surface area (Å²) < 4.78 is 9.89. The summed E-state index contributed by atoms with van der Waals surface area (Å²) >= 11 is 1.53. The Hall–Kier alpha value is -2.38. The largest absolute Gasteiger partial charge is 0.497 e. The van der Waals surface area contributed by atoms with E-state index in [1.54, 1.807) is 7.11 Å². The maximum Gasteiger partial charge on any atom is 0.307 e. The predicted octanol–water partition coefficient (Wildman–Crippen LogP) is 2.27. The van der Waals surface area contributed by atoms with Crippen molar-refractivity contribution in [3.8, 4) is 5.75 Å². The minimum Gasteiger partial charge on any atom is -0.497 e. The first-order valence-corrected chi connectivity index (χ1v) is 8.73. The standard InChI is InChI=1S/C18H22N2O4S/c1-23-14-6-3-5-13(9-14)11-20-17(21)12-19-15(10-18(22)24-2)16-7-4-8-25-16/h3-9,15,19H,10-12H2,1-2H3,(H,20,21)/t15-/m1/s1. The second-order valence-electron chi connectivity index (χ2n) is 5.36. The summed E-state index contributed by atoms with van der Waals surface area (Å²) in [5.41, 5.74) is 0.956. The lowest BCUT2D eigenvalue weighted by atomic mass is 10.1. The summed E-state index contributed by atoms with van der Waals surface area (Å²) in [6, 6.07) is 11.1.